The largest absolute Gasteiger partial charge is 0.508 e. The highest BCUT2D eigenvalue weighted by atomic mass is 16.5. The van der Waals surface area contributed by atoms with Gasteiger partial charge in [-0.2, -0.15) is 0 Å². The summed E-state index contributed by atoms with van der Waals surface area (Å²) in [7, 11) is 0. The number of benzene rings is 1. The summed E-state index contributed by atoms with van der Waals surface area (Å²) in [4.78, 5) is 33.3. The highest BCUT2D eigenvalue weighted by Crippen LogP contribution is 2.49. The van der Waals surface area contributed by atoms with E-state index in [1.807, 2.05) is 19.1 Å². The van der Waals surface area contributed by atoms with E-state index in [9.17, 15) is 14.7 Å². The minimum absolute atomic E-state index is 0.00609. The van der Waals surface area contributed by atoms with Crippen molar-refractivity contribution in [1.82, 2.24) is 4.98 Å². The first-order valence-corrected chi connectivity index (χ1v) is 10.9. The molecule has 5 atom stereocenters. The highest BCUT2D eigenvalue weighted by molar-refractivity contribution is 6.17. The summed E-state index contributed by atoms with van der Waals surface area (Å²) < 4.78 is 6.26. The monoisotopic (exact) mass is 418 g/mol. The number of Topliss-reactive ketones (excluding diaryl/α,β-unsaturated/α-hetero) is 1. The first-order valence-electron chi connectivity index (χ1n) is 10.9. The second kappa shape index (κ2) is 7.22. The van der Waals surface area contributed by atoms with Crippen LogP contribution < -0.4 is 4.90 Å². The molecule has 1 amide bonds. The van der Waals surface area contributed by atoms with Gasteiger partial charge in [-0.05, 0) is 67.0 Å². The standard InChI is InChI=1S/C25H26N2O4/c1-13-8-9-26-20(10-13)27-22(16-4-6-17(28)7-5-16)21-23(29)18-11-14(2)15(3)12-19(18)31-24(21)25(27)30/h4-10,14-15,18-19,22,28H,11-12H2,1-3H3. The number of pyridine rings is 1. The minimum Gasteiger partial charge on any atom is -0.508 e. The summed E-state index contributed by atoms with van der Waals surface area (Å²) in [5.41, 5.74) is 2.13. The lowest BCUT2D eigenvalue weighted by atomic mass is 9.70. The molecule has 2 aliphatic heterocycles. The molecule has 31 heavy (non-hydrogen) atoms. The van der Waals surface area contributed by atoms with Crippen LogP contribution in [0.3, 0.4) is 0 Å². The number of phenolic OH excluding ortho intramolecular Hbond substituents is 1. The Morgan fingerprint density at radius 2 is 1.77 bits per heavy atom. The van der Waals surface area contributed by atoms with Crippen LogP contribution in [0.25, 0.3) is 0 Å². The maximum Gasteiger partial charge on any atom is 0.295 e. The lowest BCUT2D eigenvalue weighted by molar-refractivity contribution is -0.134. The van der Waals surface area contributed by atoms with Crippen LogP contribution >= 0.6 is 0 Å². The number of rotatable bonds is 2. The van der Waals surface area contributed by atoms with Crippen molar-refractivity contribution >= 4 is 17.5 Å². The second-order valence-electron chi connectivity index (χ2n) is 9.16. The zero-order chi connectivity index (χ0) is 21.9. The van der Waals surface area contributed by atoms with E-state index in [0.29, 0.717) is 23.2 Å². The molecular weight excluding hydrogens is 392 g/mol. The molecule has 1 fully saturated rings. The van der Waals surface area contributed by atoms with Crippen molar-refractivity contribution in [3.05, 3.63) is 65.1 Å². The molecule has 0 bridgehead atoms. The number of anilines is 1. The zero-order valence-electron chi connectivity index (χ0n) is 17.9. The number of amides is 1. The van der Waals surface area contributed by atoms with Crippen LogP contribution in [0.15, 0.2) is 53.9 Å². The molecule has 0 spiro atoms. The van der Waals surface area contributed by atoms with Gasteiger partial charge in [-0.15, -0.1) is 0 Å². The van der Waals surface area contributed by atoms with Gasteiger partial charge in [-0.25, -0.2) is 4.98 Å². The van der Waals surface area contributed by atoms with Crippen LogP contribution in [-0.2, 0) is 14.3 Å². The first kappa shape index (κ1) is 19.8. The lowest BCUT2D eigenvalue weighted by Crippen LogP contribution is -2.43. The van der Waals surface area contributed by atoms with Crippen LogP contribution in [0, 0.1) is 24.7 Å². The van der Waals surface area contributed by atoms with E-state index < -0.39 is 6.04 Å². The van der Waals surface area contributed by atoms with Gasteiger partial charge in [0.1, 0.15) is 17.7 Å². The molecule has 0 saturated heterocycles. The molecule has 1 saturated carbocycles. The van der Waals surface area contributed by atoms with E-state index in [0.717, 1.165) is 24.0 Å². The fourth-order valence-corrected chi connectivity index (χ4v) is 5.12. The Labute approximate surface area is 181 Å². The number of phenols is 1. The molecule has 1 aromatic heterocycles. The fourth-order valence-electron chi connectivity index (χ4n) is 5.12. The van der Waals surface area contributed by atoms with E-state index >= 15 is 0 Å². The fraction of sp³-hybridized carbons (Fsp3) is 0.400. The SMILES string of the molecule is Cc1ccnc(N2C(=O)C3=C(C(=O)C4CC(C)C(C)CC4O3)C2c2ccc(O)cc2)c1. The molecule has 6 nitrogen and oxygen atoms in total. The highest BCUT2D eigenvalue weighted by Gasteiger charge is 2.54. The number of carbonyl (C=O) groups is 2. The minimum atomic E-state index is -0.625. The first-order chi connectivity index (χ1) is 14.8. The topological polar surface area (TPSA) is 79.7 Å². The predicted molar refractivity (Wildman–Crippen MR) is 115 cm³/mol. The third kappa shape index (κ3) is 3.12. The number of ketones is 1. The van der Waals surface area contributed by atoms with Crippen molar-refractivity contribution in [2.24, 2.45) is 17.8 Å². The Bertz CT molecular complexity index is 1090. The molecule has 1 aromatic carbocycles. The van der Waals surface area contributed by atoms with Crippen molar-refractivity contribution in [2.75, 3.05) is 4.90 Å². The van der Waals surface area contributed by atoms with Gasteiger partial charge in [0, 0.05) is 6.20 Å². The van der Waals surface area contributed by atoms with Gasteiger partial charge in [0.15, 0.2) is 11.5 Å². The smallest absolute Gasteiger partial charge is 0.295 e. The van der Waals surface area contributed by atoms with Gasteiger partial charge in [-0.3, -0.25) is 14.5 Å². The quantitative estimate of drug-likeness (QED) is 0.795. The van der Waals surface area contributed by atoms with Crippen molar-refractivity contribution in [3.8, 4) is 5.75 Å². The summed E-state index contributed by atoms with van der Waals surface area (Å²) in [6, 6.07) is 9.72. The zero-order valence-corrected chi connectivity index (χ0v) is 17.9. The van der Waals surface area contributed by atoms with Crippen molar-refractivity contribution in [3.63, 3.8) is 0 Å². The number of ether oxygens (including phenoxy) is 1. The second-order valence-corrected chi connectivity index (χ2v) is 9.16. The summed E-state index contributed by atoms with van der Waals surface area (Å²) in [5.74, 6) is 1.08. The van der Waals surface area contributed by atoms with Gasteiger partial charge in [0.05, 0.1) is 17.5 Å². The van der Waals surface area contributed by atoms with E-state index in [4.69, 9.17) is 4.74 Å². The van der Waals surface area contributed by atoms with Gasteiger partial charge in [0.2, 0.25) is 0 Å². The van der Waals surface area contributed by atoms with Crippen LogP contribution in [-0.4, -0.2) is 27.9 Å². The summed E-state index contributed by atoms with van der Waals surface area (Å²) in [6.07, 6.45) is 2.94. The van der Waals surface area contributed by atoms with E-state index in [1.165, 1.54) is 0 Å². The summed E-state index contributed by atoms with van der Waals surface area (Å²) in [5, 5.41) is 9.77. The molecule has 3 aliphatic rings. The molecule has 6 heteroatoms. The molecule has 1 aliphatic carbocycles. The van der Waals surface area contributed by atoms with Gasteiger partial charge >= 0.3 is 0 Å². The predicted octanol–water partition coefficient (Wildman–Crippen LogP) is 4.09. The molecule has 5 unspecified atom stereocenters. The Morgan fingerprint density at radius 1 is 1.06 bits per heavy atom. The van der Waals surface area contributed by atoms with Crippen molar-refractivity contribution in [2.45, 2.75) is 45.8 Å². The normalized spacial score (nSPS) is 30.2. The molecule has 5 rings (SSSR count). The average Bonchev–Trinajstić information content (AvgIpc) is 3.03. The Hall–Kier alpha value is -3.15. The van der Waals surface area contributed by atoms with Crippen LogP contribution in [0.5, 0.6) is 5.75 Å². The maximum absolute atomic E-state index is 13.7. The number of fused-ring (bicyclic) bond motifs is 1. The molecule has 0 radical (unpaired) electrons. The van der Waals surface area contributed by atoms with Gasteiger partial charge in [0.25, 0.3) is 5.91 Å². The van der Waals surface area contributed by atoms with Gasteiger partial charge < -0.3 is 9.84 Å². The number of nitrogens with zero attached hydrogens (tertiary/aromatic N) is 2. The number of hydrogen-bond acceptors (Lipinski definition) is 5. The Balaban J connectivity index is 1.64. The lowest BCUT2D eigenvalue weighted by Gasteiger charge is -2.40. The average molecular weight is 418 g/mol. The number of hydrogen-bond donors (Lipinski definition) is 1. The Morgan fingerprint density at radius 3 is 2.48 bits per heavy atom. The molecular formula is C25H26N2O4. The van der Waals surface area contributed by atoms with Crippen molar-refractivity contribution in [1.29, 1.82) is 0 Å². The Kier molecular flexibility index (Phi) is 4.61. The summed E-state index contributed by atoms with van der Waals surface area (Å²) >= 11 is 0. The molecule has 1 N–H and O–H groups in total. The van der Waals surface area contributed by atoms with Gasteiger partial charge in [-0.1, -0.05) is 26.0 Å². The number of aromatic hydroxyl groups is 1. The van der Waals surface area contributed by atoms with E-state index in [2.05, 4.69) is 18.8 Å². The van der Waals surface area contributed by atoms with Crippen molar-refractivity contribution < 1.29 is 19.4 Å². The molecule has 3 heterocycles. The van der Waals surface area contributed by atoms with Crippen LogP contribution in [0.4, 0.5) is 5.82 Å². The summed E-state index contributed by atoms with van der Waals surface area (Å²) in [6.45, 7) is 6.29. The van der Waals surface area contributed by atoms with E-state index in [1.54, 1.807) is 35.4 Å². The molecule has 2 aromatic rings. The maximum atomic E-state index is 13.7. The number of aromatic nitrogens is 1. The number of carbonyl (C=O) groups excluding carboxylic acids is 2. The number of aryl methyl sites for hydroxylation is 1. The third-order valence-corrected chi connectivity index (χ3v) is 7.07. The third-order valence-electron chi connectivity index (χ3n) is 7.07. The molecule has 160 valence electrons. The van der Waals surface area contributed by atoms with Crippen LogP contribution in [0.1, 0.15) is 43.9 Å². The van der Waals surface area contributed by atoms with E-state index in [-0.39, 0.29) is 35.2 Å². The van der Waals surface area contributed by atoms with Crippen LogP contribution in [0.2, 0.25) is 0 Å².